The van der Waals surface area contributed by atoms with Crippen LogP contribution in [-0.4, -0.2) is 32.7 Å². The van der Waals surface area contributed by atoms with Crippen molar-refractivity contribution in [2.24, 2.45) is 0 Å². The van der Waals surface area contributed by atoms with E-state index in [-0.39, 0.29) is 11.4 Å². The van der Waals surface area contributed by atoms with Crippen LogP contribution in [0.3, 0.4) is 0 Å². The molecule has 0 aliphatic carbocycles. The summed E-state index contributed by atoms with van der Waals surface area (Å²) in [5.74, 6) is 0.437. The molecule has 0 atom stereocenters. The topological polar surface area (TPSA) is 112 Å². The lowest BCUT2D eigenvalue weighted by Crippen LogP contribution is -2.14. The van der Waals surface area contributed by atoms with Crippen molar-refractivity contribution in [3.8, 4) is 11.6 Å². The Bertz CT molecular complexity index is 1280. The fourth-order valence-electron chi connectivity index (χ4n) is 3.13. The molecule has 2 aromatic heterocycles. The molecule has 0 fully saturated rings. The van der Waals surface area contributed by atoms with Gasteiger partial charge in [0, 0.05) is 17.5 Å². The van der Waals surface area contributed by atoms with E-state index in [9.17, 15) is 14.9 Å². The van der Waals surface area contributed by atoms with Crippen LogP contribution < -0.4 is 10.1 Å². The van der Waals surface area contributed by atoms with Gasteiger partial charge in [-0.15, -0.1) is 0 Å². The van der Waals surface area contributed by atoms with Crippen LogP contribution in [0.2, 0.25) is 0 Å². The van der Waals surface area contributed by atoms with Crippen molar-refractivity contribution in [1.29, 1.82) is 0 Å². The number of aromatic nitrogens is 3. The number of anilines is 1. The van der Waals surface area contributed by atoms with Crippen molar-refractivity contribution in [1.82, 2.24) is 14.8 Å². The monoisotopic (exact) mass is 403 g/mol. The molecule has 4 rings (SSSR count). The number of carbonyl (C=O) groups excluding carboxylic acids is 1. The molecule has 1 amide bonds. The molecule has 2 heterocycles. The van der Waals surface area contributed by atoms with Crippen LogP contribution >= 0.6 is 0 Å². The SMILES string of the molecule is COc1ccc([N+](=O)[O-])cc1NC(=O)c1cnn(-c2ccc3ccccc3n2)c1C. The van der Waals surface area contributed by atoms with Gasteiger partial charge in [-0.3, -0.25) is 14.9 Å². The van der Waals surface area contributed by atoms with Crippen LogP contribution in [0.1, 0.15) is 16.1 Å². The third-order valence-corrected chi connectivity index (χ3v) is 4.70. The first-order valence-corrected chi connectivity index (χ1v) is 9.02. The Morgan fingerprint density at radius 1 is 1.17 bits per heavy atom. The van der Waals surface area contributed by atoms with Gasteiger partial charge in [0.15, 0.2) is 5.82 Å². The number of nitro benzene ring substituents is 1. The molecule has 0 saturated heterocycles. The van der Waals surface area contributed by atoms with Crippen LogP contribution in [0.5, 0.6) is 5.75 Å². The van der Waals surface area contributed by atoms with E-state index in [0.717, 1.165) is 10.9 Å². The number of nitro groups is 1. The molecule has 0 radical (unpaired) electrons. The third kappa shape index (κ3) is 3.44. The van der Waals surface area contributed by atoms with Gasteiger partial charge in [-0.05, 0) is 31.2 Å². The maximum atomic E-state index is 12.8. The normalized spacial score (nSPS) is 10.7. The second-order valence-electron chi connectivity index (χ2n) is 6.51. The van der Waals surface area contributed by atoms with Crippen molar-refractivity contribution in [3.05, 3.63) is 82.2 Å². The predicted octanol–water partition coefficient (Wildman–Crippen LogP) is 3.90. The Kier molecular flexibility index (Phi) is 4.85. The molecule has 2 aromatic carbocycles. The summed E-state index contributed by atoms with van der Waals surface area (Å²) < 4.78 is 6.77. The minimum Gasteiger partial charge on any atom is -0.495 e. The largest absolute Gasteiger partial charge is 0.495 e. The van der Waals surface area contributed by atoms with E-state index < -0.39 is 10.8 Å². The minimum atomic E-state index is -0.538. The minimum absolute atomic E-state index is 0.154. The van der Waals surface area contributed by atoms with Gasteiger partial charge in [-0.2, -0.15) is 5.10 Å². The Balaban J connectivity index is 1.66. The smallest absolute Gasteiger partial charge is 0.271 e. The molecular formula is C21H17N5O4. The van der Waals surface area contributed by atoms with Crippen LogP contribution in [0.15, 0.2) is 60.8 Å². The van der Waals surface area contributed by atoms with E-state index in [1.165, 1.54) is 31.5 Å². The summed E-state index contributed by atoms with van der Waals surface area (Å²) in [6.07, 6.45) is 1.44. The van der Waals surface area contributed by atoms with E-state index in [0.29, 0.717) is 22.8 Å². The van der Waals surface area contributed by atoms with Gasteiger partial charge in [0.2, 0.25) is 0 Å². The molecule has 150 valence electrons. The number of hydrogen-bond acceptors (Lipinski definition) is 6. The third-order valence-electron chi connectivity index (χ3n) is 4.70. The molecule has 0 spiro atoms. The molecule has 1 N–H and O–H groups in total. The first kappa shape index (κ1) is 19.1. The lowest BCUT2D eigenvalue weighted by molar-refractivity contribution is -0.384. The van der Waals surface area contributed by atoms with Crippen LogP contribution in [-0.2, 0) is 0 Å². The van der Waals surface area contributed by atoms with Gasteiger partial charge in [0.25, 0.3) is 11.6 Å². The Morgan fingerprint density at radius 3 is 2.73 bits per heavy atom. The highest BCUT2D eigenvalue weighted by Crippen LogP contribution is 2.29. The van der Waals surface area contributed by atoms with Crippen molar-refractivity contribution in [2.75, 3.05) is 12.4 Å². The highest BCUT2D eigenvalue weighted by atomic mass is 16.6. The summed E-state index contributed by atoms with van der Waals surface area (Å²) in [6, 6.07) is 15.5. The number of pyridine rings is 1. The average Bonchev–Trinajstić information content (AvgIpc) is 3.14. The number of para-hydroxylation sites is 1. The lowest BCUT2D eigenvalue weighted by Gasteiger charge is -2.10. The molecule has 0 bridgehead atoms. The van der Waals surface area contributed by atoms with E-state index in [4.69, 9.17) is 4.74 Å². The lowest BCUT2D eigenvalue weighted by atomic mass is 10.2. The number of methoxy groups -OCH3 is 1. The molecule has 30 heavy (non-hydrogen) atoms. The number of benzene rings is 2. The molecular weight excluding hydrogens is 386 g/mol. The fourth-order valence-corrected chi connectivity index (χ4v) is 3.13. The molecule has 0 unspecified atom stereocenters. The van der Waals surface area contributed by atoms with Crippen molar-refractivity contribution >= 4 is 28.2 Å². The maximum absolute atomic E-state index is 12.8. The standard InChI is InChI=1S/C21H17N5O4/c1-13-16(21(27)24-18-11-15(26(28)29)8-9-19(18)30-2)12-22-25(13)20-10-7-14-5-3-4-6-17(14)23-20/h3-12H,1-2H3,(H,24,27). The number of nitrogens with zero attached hydrogens (tertiary/aromatic N) is 4. The average molecular weight is 403 g/mol. The summed E-state index contributed by atoms with van der Waals surface area (Å²) >= 11 is 0. The number of nitrogens with one attached hydrogen (secondary N) is 1. The molecule has 9 heteroatoms. The second-order valence-corrected chi connectivity index (χ2v) is 6.51. The molecule has 9 nitrogen and oxygen atoms in total. The number of fused-ring (bicyclic) bond motifs is 1. The van der Waals surface area contributed by atoms with Crippen LogP contribution in [0.4, 0.5) is 11.4 Å². The summed E-state index contributed by atoms with van der Waals surface area (Å²) in [4.78, 5) is 27.9. The Morgan fingerprint density at radius 2 is 1.97 bits per heavy atom. The Hall–Kier alpha value is -4.27. The summed E-state index contributed by atoms with van der Waals surface area (Å²) in [6.45, 7) is 1.75. The maximum Gasteiger partial charge on any atom is 0.271 e. The van der Waals surface area contributed by atoms with Crippen molar-refractivity contribution < 1.29 is 14.5 Å². The molecule has 0 aliphatic rings. The van der Waals surface area contributed by atoms with E-state index in [2.05, 4.69) is 15.4 Å². The highest BCUT2D eigenvalue weighted by Gasteiger charge is 2.19. The van der Waals surface area contributed by atoms with E-state index >= 15 is 0 Å². The van der Waals surface area contributed by atoms with Gasteiger partial charge >= 0.3 is 0 Å². The number of ether oxygens (including phenoxy) is 1. The van der Waals surface area contributed by atoms with Gasteiger partial charge in [-0.25, -0.2) is 9.67 Å². The van der Waals surface area contributed by atoms with Crippen LogP contribution in [0, 0.1) is 17.0 Å². The van der Waals surface area contributed by atoms with Gasteiger partial charge < -0.3 is 10.1 Å². The zero-order chi connectivity index (χ0) is 21.3. The number of amides is 1. The summed E-state index contributed by atoms with van der Waals surface area (Å²) in [5.41, 5.74) is 1.77. The number of hydrogen-bond donors (Lipinski definition) is 1. The second kappa shape index (κ2) is 7.63. The highest BCUT2D eigenvalue weighted by molar-refractivity contribution is 6.05. The quantitative estimate of drug-likeness (QED) is 0.399. The van der Waals surface area contributed by atoms with Crippen LogP contribution in [0.25, 0.3) is 16.7 Å². The van der Waals surface area contributed by atoms with Gasteiger partial charge in [0.05, 0.1) is 40.7 Å². The van der Waals surface area contributed by atoms with E-state index in [1.54, 1.807) is 11.6 Å². The van der Waals surface area contributed by atoms with Crippen molar-refractivity contribution in [2.45, 2.75) is 6.92 Å². The van der Waals surface area contributed by atoms with E-state index in [1.807, 2.05) is 36.4 Å². The molecule has 4 aromatic rings. The van der Waals surface area contributed by atoms with Crippen molar-refractivity contribution in [3.63, 3.8) is 0 Å². The first-order chi connectivity index (χ1) is 14.5. The number of non-ortho nitro benzene ring substituents is 1. The summed E-state index contributed by atoms with van der Waals surface area (Å²) in [5, 5.41) is 19.0. The first-order valence-electron chi connectivity index (χ1n) is 9.02. The molecule has 0 saturated carbocycles. The Labute approximate surface area is 171 Å². The number of carbonyl (C=O) groups is 1. The van der Waals surface area contributed by atoms with Gasteiger partial charge in [0.1, 0.15) is 5.75 Å². The predicted molar refractivity (Wildman–Crippen MR) is 111 cm³/mol. The number of rotatable bonds is 5. The zero-order valence-corrected chi connectivity index (χ0v) is 16.2. The summed E-state index contributed by atoms with van der Waals surface area (Å²) in [7, 11) is 1.42. The van der Waals surface area contributed by atoms with Gasteiger partial charge in [-0.1, -0.05) is 18.2 Å². The zero-order valence-electron chi connectivity index (χ0n) is 16.2. The molecule has 0 aliphatic heterocycles. The fraction of sp³-hybridized carbons (Fsp3) is 0.0952.